The van der Waals surface area contributed by atoms with Gasteiger partial charge in [-0.25, -0.2) is 0 Å². The topological polar surface area (TPSA) is 40.5 Å². The zero-order chi connectivity index (χ0) is 15.0. The van der Waals surface area contributed by atoms with Crippen LogP contribution < -0.4 is 4.90 Å². The van der Waals surface area contributed by atoms with Gasteiger partial charge in [-0.05, 0) is 42.2 Å². The number of hydrogen-bond acceptors (Lipinski definition) is 2. The molecule has 0 saturated heterocycles. The molecule has 3 rings (SSSR count). The fraction of sp³-hybridized carbons (Fsp3) is 0.278. The van der Waals surface area contributed by atoms with Gasteiger partial charge in [-0.1, -0.05) is 36.4 Å². The molecule has 0 bridgehead atoms. The van der Waals surface area contributed by atoms with E-state index < -0.39 is 11.9 Å². The van der Waals surface area contributed by atoms with E-state index >= 15 is 0 Å². The number of hydrogen-bond donors (Lipinski definition) is 1. The molecular formula is C18H19NO2. The minimum absolute atomic E-state index is 0.423. The van der Waals surface area contributed by atoms with Crippen LogP contribution in [0.1, 0.15) is 28.2 Å². The van der Waals surface area contributed by atoms with Crippen LogP contribution >= 0.6 is 0 Å². The van der Waals surface area contributed by atoms with Crippen molar-refractivity contribution >= 4 is 11.7 Å². The molecule has 1 heterocycles. The standard InChI is InChI=1S/C18H19NO2/c1-12-7-8-14(9-13(12)2)10-19-11-16(18(20)21)15-5-3-4-6-17(15)19/h3-9,16H,10-11H2,1-2H3,(H,20,21). The Hall–Kier alpha value is -2.29. The number of carboxylic acids is 1. The molecule has 2 aromatic carbocycles. The lowest BCUT2D eigenvalue weighted by Crippen LogP contribution is -2.24. The molecule has 0 aliphatic carbocycles. The first-order valence-electron chi connectivity index (χ1n) is 7.19. The molecule has 1 N–H and O–H groups in total. The second-order valence-electron chi connectivity index (χ2n) is 5.75. The molecule has 1 aliphatic rings. The van der Waals surface area contributed by atoms with Crippen LogP contribution in [0.5, 0.6) is 0 Å². The second kappa shape index (κ2) is 5.24. The van der Waals surface area contributed by atoms with Crippen molar-refractivity contribution in [2.75, 3.05) is 11.4 Å². The first-order valence-corrected chi connectivity index (χ1v) is 7.19. The van der Waals surface area contributed by atoms with Crippen LogP contribution in [0.25, 0.3) is 0 Å². The average Bonchev–Trinajstić information content (AvgIpc) is 2.82. The molecule has 0 aromatic heterocycles. The highest BCUT2D eigenvalue weighted by molar-refractivity contribution is 5.82. The number of benzene rings is 2. The average molecular weight is 281 g/mol. The Labute approximate surface area is 124 Å². The molecule has 0 radical (unpaired) electrons. The van der Waals surface area contributed by atoms with Crippen molar-refractivity contribution < 1.29 is 9.90 Å². The first-order chi connectivity index (χ1) is 10.1. The maximum Gasteiger partial charge on any atom is 0.312 e. The van der Waals surface area contributed by atoms with Crippen LogP contribution in [0.15, 0.2) is 42.5 Å². The summed E-state index contributed by atoms with van der Waals surface area (Å²) in [6.07, 6.45) is 0. The van der Waals surface area contributed by atoms with Crippen LogP contribution in [0.3, 0.4) is 0 Å². The summed E-state index contributed by atoms with van der Waals surface area (Å²) in [7, 11) is 0. The third-order valence-electron chi connectivity index (χ3n) is 4.30. The van der Waals surface area contributed by atoms with Crippen molar-refractivity contribution in [2.24, 2.45) is 0 Å². The third kappa shape index (κ3) is 2.51. The molecule has 3 heteroatoms. The van der Waals surface area contributed by atoms with Crippen molar-refractivity contribution in [3.8, 4) is 0 Å². The number of aliphatic carboxylic acids is 1. The van der Waals surface area contributed by atoms with Crippen molar-refractivity contribution in [3.05, 3.63) is 64.7 Å². The van der Waals surface area contributed by atoms with Crippen molar-refractivity contribution in [1.82, 2.24) is 0 Å². The maximum atomic E-state index is 11.4. The normalized spacial score (nSPS) is 16.9. The van der Waals surface area contributed by atoms with E-state index in [9.17, 15) is 9.90 Å². The monoisotopic (exact) mass is 281 g/mol. The smallest absolute Gasteiger partial charge is 0.312 e. The fourth-order valence-electron chi connectivity index (χ4n) is 2.97. The molecule has 0 saturated carbocycles. The van der Waals surface area contributed by atoms with Crippen molar-refractivity contribution in [2.45, 2.75) is 26.3 Å². The molecule has 0 fully saturated rings. The Balaban J connectivity index is 1.90. The Morgan fingerprint density at radius 3 is 2.67 bits per heavy atom. The summed E-state index contributed by atoms with van der Waals surface area (Å²) in [5.41, 5.74) is 5.75. The zero-order valence-corrected chi connectivity index (χ0v) is 12.3. The van der Waals surface area contributed by atoms with E-state index in [1.54, 1.807) is 0 Å². The van der Waals surface area contributed by atoms with Gasteiger partial charge in [-0.2, -0.15) is 0 Å². The predicted molar refractivity (Wildman–Crippen MR) is 83.8 cm³/mol. The summed E-state index contributed by atoms with van der Waals surface area (Å²) in [4.78, 5) is 13.6. The minimum Gasteiger partial charge on any atom is -0.481 e. The van der Waals surface area contributed by atoms with Gasteiger partial charge in [-0.3, -0.25) is 4.79 Å². The molecule has 0 amide bonds. The number of rotatable bonds is 3. The fourth-order valence-corrected chi connectivity index (χ4v) is 2.97. The molecule has 0 spiro atoms. The minimum atomic E-state index is -0.745. The van der Waals surface area contributed by atoms with Gasteiger partial charge < -0.3 is 10.0 Å². The molecule has 21 heavy (non-hydrogen) atoms. The number of para-hydroxylation sites is 1. The van der Waals surface area contributed by atoms with Gasteiger partial charge in [0.25, 0.3) is 0 Å². The van der Waals surface area contributed by atoms with E-state index in [0.29, 0.717) is 6.54 Å². The lowest BCUT2D eigenvalue weighted by atomic mass is 10.0. The van der Waals surface area contributed by atoms with Crippen molar-refractivity contribution in [3.63, 3.8) is 0 Å². The van der Waals surface area contributed by atoms with E-state index in [1.807, 2.05) is 24.3 Å². The Kier molecular flexibility index (Phi) is 3.42. The highest BCUT2D eigenvalue weighted by atomic mass is 16.4. The van der Waals surface area contributed by atoms with Gasteiger partial charge in [0.05, 0.1) is 0 Å². The van der Waals surface area contributed by atoms with Crippen LogP contribution in [-0.2, 0) is 11.3 Å². The summed E-state index contributed by atoms with van der Waals surface area (Å²) in [6, 6.07) is 14.3. The number of nitrogens with zero attached hydrogens (tertiary/aromatic N) is 1. The van der Waals surface area contributed by atoms with Gasteiger partial charge in [0, 0.05) is 18.8 Å². The molecular weight excluding hydrogens is 262 g/mol. The Bertz CT molecular complexity index is 693. The maximum absolute atomic E-state index is 11.4. The highest BCUT2D eigenvalue weighted by Crippen LogP contribution is 2.37. The van der Waals surface area contributed by atoms with Gasteiger partial charge >= 0.3 is 5.97 Å². The number of aryl methyl sites for hydroxylation is 2. The lowest BCUT2D eigenvalue weighted by molar-refractivity contribution is -0.138. The Morgan fingerprint density at radius 2 is 1.95 bits per heavy atom. The molecule has 1 unspecified atom stereocenters. The molecule has 108 valence electrons. The SMILES string of the molecule is Cc1ccc(CN2CC(C(=O)O)c3ccccc32)cc1C. The van der Waals surface area contributed by atoms with E-state index in [1.165, 1.54) is 16.7 Å². The van der Waals surface area contributed by atoms with Crippen LogP contribution in [0.4, 0.5) is 5.69 Å². The summed E-state index contributed by atoms with van der Waals surface area (Å²) < 4.78 is 0. The highest BCUT2D eigenvalue weighted by Gasteiger charge is 2.33. The summed E-state index contributed by atoms with van der Waals surface area (Å²) in [5.74, 6) is -1.17. The van der Waals surface area contributed by atoms with E-state index in [-0.39, 0.29) is 0 Å². The van der Waals surface area contributed by atoms with Crippen LogP contribution in [0, 0.1) is 13.8 Å². The number of carbonyl (C=O) groups is 1. The van der Waals surface area contributed by atoms with Gasteiger partial charge in [0.2, 0.25) is 0 Å². The number of fused-ring (bicyclic) bond motifs is 1. The molecule has 1 aliphatic heterocycles. The van der Waals surface area contributed by atoms with E-state index in [0.717, 1.165) is 17.8 Å². The third-order valence-corrected chi connectivity index (χ3v) is 4.30. The van der Waals surface area contributed by atoms with Crippen molar-refractivity contribution in [1.29, 1.82) is 0 Å². The lowest BCUT2D eigenvalue weighted by Gasteiger charge is -2.20. The van der Waals surface area contributed by atoms with Crippen LogP contribution in [0.2, 0.25) is 0 Å². The number of carboxylic acid groups (broad SMARTS) is 1. The van der Waals surface area contributed by atoms with Crippen LogP contribution in [-0.4, -0.2) is 17.6 Å². The largest absolute Gasteiger partial charge is 0.481 e. The summed E-state index contributed by atoms with van der Waals surface area (Å²) >= 11 is 0. The van der Waals surface area contributed by atoms with Gasteiger partial charge in [-0.15, -0.1) is 0 Å². The van der Waals surface area contributed by atoms with E-state index in [4.69, 9.17) is 0 Å². The zero-order valence-electron chi connectivity index (χ0n) is 12.3. The van der Waals surface area contributed by atoms with Gasteiger partial charge in [0.15, 0.2) is 0 Å². The summed E-state index contributed by atoms with van der Waals surface area (Å²) in [5, 5.41) is 9.40. The number of anilines is 1. The Morgan fingerprint density at radius 1 is 1.19 bits per heavy atom. The van der Waals surface area contributed by atoms with Gasteiger partial charge in [0.1, 0.15) is 5.92 Å². The molecule has 1 atom stereocenters. The second-order valence-corrected chi connectivity index (χ2v) is 5.75. The first kappa shape index (κ1) is 13.7. The van der Waals surface area contributed by atoms with E-state index in [2.05, 4.69) is 36.9 Å². The quantitative estimate of drug-likeness (QED) is 0.936. The molecule has 3 nitrogen and oxygen atoms in total. The summed E-state index contributed by atoms with van der Waals surface area (Å²) in [6.45, 7) is 5.51. The molecule has 2 aromatic rings. The predicted octanol–water partition coefficient (Wildman–Crippen LogP) is 3.49.